The number of carbonyl (C=O) groups excluding carboxylic acids is 2. The molecule has 0 aromatic rings. The molecule has 0 radical (unpaired) electrons. The minimum absolute atomic E-state index is 0. The number of allylic oxidation sites excluding steroid dienone is 1. The lowest BCUT2D eigenvalue weighted by atomic mass is 9.47. The van der Waals surface area contributed by atoms with E-state index in [2.05, 4.69) is 47.6 Å². The maximum atomic E-state index is 13.1. The van der Waals surface area contributed by atoms with Gasteiger partial charge in [0.15, 0.2) is 0 Å². The third kappa shape index (κ3) is 12.6. The summed E-state index contributed by atoms with van der Waals surface area (Å²) in [6.07, 6.45) is 25.5. The fourth-order valence-corrected chi connectivity index (χ4v) is 12.0. The Bertz CT molecular complexity index is 1120. The third-order valence-corrected chi connectivity index (χ3v) is 15.2. The van der Waals surface area contributed by atoms with Crippen molar-refractivity contribution in [2.75, 3.05) is 26.2 Å². The molecule has 3 saturated carbocycles. The Kier molecular flexibility index (Phi) is 21.4. The topological polar surface area (TPSA) is 98.7 Å². The van der Waals surface area contributed by atoms with Crippen LogP contribution in [0.4, 0.5) is 0 Å². The van der Waals surface area contributed by atoms with Crippen LogP contribution >= 0.6 is 24.8 Å². The summed E-state index contributed by atoms with van der Waals surface area (Å²) in [5.74, 6) is 5.86. The molecule has 2 unspecified atom stereocenters. The Hall–Kier alpha value is -0.820. The minimum atomic E-state index is -0.130. The van der Waals surface area contributed by atoms with E-state index < -0.39 is 0 Å². The van der Waals surface area contributed by atoms with Crippen LogP contribution in [0.2, 0.25) is 0 Å². The van der Waals surface area contributed by atoms with E-state index in [1.54, 1.807) is 5.57 Å². The number of ether oxygens (including phenoxy) is 1. The standard InChI is InChI=1S/C45H81N3O3.2ClH/c1-7-35(33(2)3)19-18-34(4)39-22-23-40-38-21-20-36-32-37(24-26-44(36,5)41(38)25-27-45(39,40)6)51-43(50)17-14-16-42(49)48(31-15-29-47)30-13-11-9-8-10-12-28-46;;/h20,33-35,37-41H,7-19,21-32,46-47H2,1-6H3;2*1H/t34?,35?,37-,38-,39+,40-,41-,44-,45+;;/m0../s1. The van der Waals surface area contributed by atoms with Gasteiger partial charge in [-0.1, -0.05) is 91.7 Å². The first kappa shape index (κ1) is 48.3. The molecule has 0 saturated heterocycles. The monoisotopic (exact) mass is 784 g/mol. The Morgan fingerprint density at radius 1 is 0.830 bits per heavy atom. The fourth-order valence-electron chi connectivity index (χ4n) is 12.0. The van der Waals surface area contributed by atoms with Crippen molar-refractivity contribution >= 4 is 36.7 Å². The molecule has 4 rings (SSSR count). The molecular weight excluding hydrogens is 701 g/mol. The van der Waals surface area contributed by atoms with E-state index in [9.17, 15) is 9.59 Å². The van der Waals surface area contributed by atoms with Gasteiger partial charge in [0.1, 0.15) is 6.10 Å². The van der Waals surface area contributed by atoms with Crippen LogP contribution < -0.4 is 11.5 Å². The summed E-state index contributed by atoms with van der Waals surface area (Å²) < 4.78 is 6.11. The second kappa shape index (κ2) is 23.4. The van der Waals surface area contributed by atoms with Gasteiger partial charge in [0, 0.05) is 32.4 Å². The van der Waals surface area contributed by atoms with Crippen LogP contribution in [0.5, 0.6) is 0 Å². The highest BCUT2D eigenvalue weighted by Gasteiger charge is 2.59. The average molecular weight is 785 g/mol. The highest BCUT2D eigenvalue weighted by atomic mass is 35.5. The van der Waals surface area contributed by atoms with Gasteiger partial charge < -0.3 is 21.1 Å². The van der Waals surface area contributed by atoms with Crippen LogP contribution in [-0.4, -0.2) is 49.1 Å². The molecule has 1 amide bonds. The Morgan fingerprint density at radius 2 is 1.51 bits per heavy atom. The summed E-state index contributed by atoms with van der Waals surface area (Å²) in [6, 6.07) is 0. The van der Waals surface area contributed by atoms with E-state index in [4.69, 9.17) is 16.2 Å². The third-order valence-electron chi connectivity index (χ3n) is 15.2. The second-order valence-electron chi connectivity index (χ2n) is 18.6. The number of unbranched alkanes of at least 4 members (excludes halogenated alkanes) is 5. The lowest BCUT2D eigenvalue weighted by Crippen LogP contribution is -2.51. The van der Waals surface area contributed by atoms with Crippen LogP contribution in [0.1, 0.15) is 176 Å². The highest BCUT2D eigenvalue weighted by Crippen LogP contribution is 2.67. The van der Waals surface area contributed by atoms with Crippen LogP contribution in [0, 0.1) is 52.3 Å². The zero-order chi connectivity index (χ0) is 37.0. The zero-order valence-corrected chi connectivity index (χ0v) is 36.6. The number of nitrogens with two attached hydrogens (primary N) is 2. The number of hydrogen-bond donors (Lipinski definition) is 2. The van der Waals surface area contributed by atoms with Crippen LogP contribution in [0.25, 0.3) is 0 Å². The molecule has 0 aromatic carbocycles. The van der Waals surface area contributed by atoms with Gasteiger partial charge in [0.2, 0.25) is 5.91 Å². The number of fused-ring (bicyclic) bond motifs is 5. The first-order chi connectivity index (χ1) is 24.5. The van der Waals surface area contributed by atoms with E-state index in [1.165, 1.54) is 70.6 Å². The number of esters is 1. The van der Waals surface area contributed by atoms with Crippen molar-refractivity contribution in [1.29, 1.82) is 0 Å². The van der Waals surface area contributed by atoms with E-state index in [-0.39, 0.29) is 48.2 Å². The molecule has 0 bridgehead atoms. The number of amides is 1. The maximum absolute atomic E-state index is 13.1. The number of halogens is 2. The van der Waals surface area contributed by atoms with E-state index in [1.807, 2.05) is 4.90 Å². The molecule has 310 valence electrons. The molecule has 8 heteroatoms. The minimum Gasteiger partial charge on any atom is -0.462 e. The summed E-state index contributed by atoms with van der Waals surface area (Å²) in [7, 11) is 0. The van der Waals surface area contributed by atoms with E-state index in [0.717, 1.165) is 99.5 Å². The first-order valence-corrected chi connectivity index (χ1v) is 22.0. The van der Waals surface area contributed by atoms with Crippen molar-refractivity contribution in [3.63, 3.8) is 0 Å². The van der Waals surface area contributed by atoms with Crippen LogP contribution in [-0.2, 0) is 14.3 Å². The van der Waals surface area contributed by atoms with Crippen molar-refractivity contribution in [3.05, 3.63) is 11.6 Å². The molecule has 0 aromatic heterocycles. The second-order valence-corrected chi connectivity index (χ2v) is 18.6. The molecular formula is C45H83Cl2N3O3. The normalized spacial score (nSPS) is 30.1. The summed E-state index contributed by atoms with van der Waals surface area (Å²) in [4.78, 5) is 28.1. The van der Waals surface area contributed by atoms with Gasteiger partial charge in [-0.25, -0.2) is 0 Å². The molecule has 3 fully saturated rings. The van der Waals surface area contributed by atoms with E-state index >= 15 is 0 Å². The quantitative estimate of drug-likeness (QED) is 0.0647. The summed E-state index contributed by atoms with van der Waals surface area (Å²) >= 11 is 0. The van der Waals surface area contributed by atoms with Crippen molar-refractivity contribution in [2.45, 2.75) is 182 Å². The van der Waals surface area contributed by atoms with Crippen molar-refractivity contribution in [2.24, 2.45) is 63.7 Å². The van der Waals surface area contributed by atoms with Crippen molar-refractivity contribution < 1.29 is 14.3 Å². The summed E-state index contributed by atoms with van der Waals surface area (Å²) in [6.45, 7) is 17.9. The number of carbonyl (C=O) groups is 2. The van der Waals surface area contributed by atoms with Crippen LogP contribution in [0.15, 0.2) is 11.6 Å². The van der Waals surface area contributed by atoms with Crippen molar-refractivity contribution in [3.8, 4) is 0 Å². The highest BCUT2D eigenvalue weighted by molar-refractivity contribution is 5.85. The molecule has 0 spiro atoms. The SMILES string of the molecule is CCC(CCC(C)[C@H]1CC[C@H]2[C@@H]3CC=C4C[C@@H](OC(=O)CCCC(=O)N(CCCN)CCCCCCCCN)CC[C@]4(C)[C@H]3CC[C@]12C)C(C)C.Cl.Cl. The molecule has 9 atom stereocenters. The average Bonchev–Trinajstić information content (AvgIpc) is 3.46. The van der Waals surface area contributed by atoms with Gasteiger partial charge in [-0.15, -0.1) is 24.8 Å². The maximum Gasteiger partial charge on any atom is 0.306 e. The summed E-state index contributed by atoms with van der Waals surface area (Å²) in [5, 5.41) is 0. The smallest absolute Gasteiger partial charge is 0.306 e. The lowest BCUT2D eigenvalue weighted by Gasteiger charge is -2.58. The molecule has 4 N–H and O–H groups in total. The number of nitrogens with zero attached hydrogens (tertiary/aromatic N) is 1. The Labute approximate surface area is 338 Å². The lowest BCUT2D eigenvalue weighted by molar-refractivity contribution is -0.151. The molecule has 0 aliphatic heterocycles. The number of rotatable bonds is 22. The predicted molar refractivity (Wildman–Crippen MR) is 227 cm³/mol. The van der Waals surface area contributed by atoms with Crippen molar-refractivity contribution in [1.82, 2.24) is 4.90 Å². The molecule has 4 aliphatic carbocycles. The Morgan fingerprint density at radius 3 is 2.19 bits per heavy atom. The van der Waals surface area contributed by atoms with Crippen LogP contribution in [0.3, 0.4) is 0 Å². The largest absolute Gasteiger partial charge is 0.462 e. The van der Waals surface area contributed by atoms with E-state index in [0.29, 0.717) is 37.8 Å². The Balaban J connectivity index is 0.00000486. The number of hydrogen-bond acceptors (Lipinski definition) is 5. The van der Waals surface area contributed by atoms with Gasteiger partial charge >= 0.3 is 5.97 Å². The molecule has 4 aliphatic rings. The van der Waals surface area contributed by atoms with Gasteiger partial charge in [0.05, 0.1) is 0 Å². The fraction of sp³-hybridized carbons (Fsp3) is 0.911. The first-order valence-electron chi connectivity index (χ1n) is 22.0. The summed E-state index contributed by atoms with van der Waals surface area (Å²) in [5.41, 5.74) is 13.7. The molecule has 53 heavy (non-hydrogen) atoms. The van der Waals surface area contributed by atoms with Gasteiger partial charge in [-0.05, 0) is 142 Å². The van der Waals surface area contributed by atoms with Gasteiger partial charge in [0.25, 0.3) is 0 Å². The molecule has 6 nitrogen and oxygen atoms in total. The van der Waals surface area contributed by atoms with Gasteiger partial charge in [-0.2, -0.15) is 0 Å². The predicted octanol–water partition coefficient (Wildman–Crippen LogP) is 11.1. The van der Waals surface area contributed by atoms with Gasteiger partial charge in [-0.3, -0.25) is 9.59 Å². The molecule has 0 heterocycles. The zero-order valence-electron chi connectivity index (χ0n) is 35.0.